The average Bonchev–Trinajstić information content (AvgIpc) is 2.54. The van der Waals surface area contributed by atoms with Gasteiger partial charge in [-0.05, 0) is 33.2 Å². The fraction of sp³-hybridized carbons (Fsp3) is 0.625. The number of hydrogen-bond acceptors (Lipinski definition) is 2. The fourth-order valence-corrected chi connectivity index (χ4v) is 1.02. The van der Waals surface area contributed by atoms with Gasteiger partial charge in [0, 0.05) is 4.91 Å². The molecule has 4 heteroatoms. The Labute approximate surface area is 71.6 Å². The summed E-state index contributed by atoms with van der Waals surface area (Å²) >= 11 is 0. The topological polar surface area (TPSA) is 61.1 Å². The van der Waals surface area contributed by atoms with Crippen LogP contribution in [0.1, 0.15) is 27.7 Å². The molecule has 0 fully saturated rings. The number of allylic oxidation sites excluding steroid dienone is 1. The molecule has 0 unspecified atom stereocenters. The van der Waals surface area contributed by atoms with Crippen molar-refractivity contribution >= 4 is 5.71 Å². The number of nitrogens with zero attached hydrogens (tertiary/aromatic N) is 4. The molecule has 0 radical (unpaired) electrons. The maximum atomic E-state index is 8.30. The van der Waals surface area contributed by atoms with Crippen molar-refractivity contribution in [2.24, 2.45) is 10.1 Å². The Hall–Kier alpha value is -1.28. The molecule has 0 aliphatic carbocycles. The van der Waals surface area contributed by atoms with Gasteiger partial charge in [0.15, 0.2) is 0 Å². The minimum Gasteiger partial charge on any atom is -0.274 e. The summed E-state index contributed by atoms with van der Waals surface area (Å²) in [7, 11) is 0. The van der Waals surface area contributed by atoms with Gasteiger partial charge >= 0.3 is 0 Å². The second-order valence-corrected chi connectivity index (χ2v) is 3.56. The van der Waals surface area contributed by atoms with Gasteiger partial charge in [-0.3, -0.25) is 4.99 Å². The molecule has 1 rings (SSSR count). The van der Waals surface area contributed by atoms with E-state index in [0.29, 0.717) is 5.70 Å². The van der Waals surface area contributed by atoms with Gasteiger partial charge in [-0.25, -0.2) is 0 Å². The minimum absolute atomic E-state index is 0.110. The van der Waals surface area contributed by atoms with Crippen LogP contribution in [0.15, 0.2) is 21.4 Å². The van der Waals surface area contributed by atoms with Crippen molar-refractivity contribution in [1.82, 2.24) is 0 Å². The molecule has 0 atom stereocenters. The highest BCUT2D eigenvalue weighted by Gasteiger charge is 2.39. The standard InChI is InChI=1S/C8H12N4/c1-5(2)6(11-12-9)7-8(3,4)10-7/h1-4H3. The molecule has 0 bridgehead atoms. The van der Waals surface area contributed by atoms with E-state index in [9.17, 15) is 0 Å². The van der Waals surface area contributed by atoms with E-state index in [-0.39, 0.29) is 5.54 Å². The van der Waals surface area contributed by atoms with Gasteiger partial charge in [-0.15, -0.1) is 0 Å². The van der Waals surface area contributed by atoms with E-state index in [1.165, 1.54) is 0 Å². The van der Waals surface area contributed by atoms with Crippen molar-refractivity contribution in [3.05, 3.63) is 21.7 Å². The van der Waals surface area contributed by atoms with Crippen LogP contribution in [0.5, 0.6) is 0 Å². The average molecular weight is 164 g/mol. The Balaban J connectivity index is 2.94. The van der Waals surface area contributed by atoms with Crippen LogP contribution in [0.2, 0.25) is 0 Å². The number of rotatable bonds is 2. The summed E-state index contributed by atoms with van der Waals surface area (Å²) in [6.45, 7) is 7.83. The zero-order valence-corrected chi connectivity index (χ0v) is 7.79. The van der Waals surface area contributed by atoms with Gasteiger partial charge < -0.3 is 0 Å². The zero-order valence-electron chi connectivity index (χ0n) is 7.79. The van der Waals surface area contributed by atoms with Crippen molar-refractivity contribution < 1.29 is 0 Å². The molecule has 4 nitrogen and oxygen atoms in total. The third-order valence-electron chi connectivity index (χ3n) is 1.76. The normalized spacial score (nSPS) is 17.5. The molecule has 64 valence electrons. The molecule has 1 aliphatic heterocycles. The van der Waals surface area contributed by atoms with Crippen LogP contribution in [0, 0.1) is 0 Å². The SMILES string of the molecule is CC(C)=C(N=[N+]=[N-])C1=NC1(C)C. The molecule has 1 aliphatic rings. The number of aliphatic imine (C=N–C) groups is 1. The highest BCUT2D eigenvalue weighted by molar-refractivity contribution is 6.16. The fourth-order valence-electron chi connectivity index (χ4n) is 1.02. The maximum absolute atomic E-state index is 8.30. The molecular formula is C8H12N4. The predicted octanol–water partition coefficient (Wildman–Crippen LogP) is 2.82. The van der Waals surface area contributed by atoms with Crippen molar-refractivity contribution in [2.45, 2.75) is 33.2 Å². The van der Waals surface area contributed by atoms with Crippen LogP contribution < -0.4 is 0 Å². The van der Waals surface area contributed by atoms with E-state index in [1.54, 1.807) is 0 Å². The molecule has 0 aromatic carbocycles. The number of hydrogen-bond donors (Lipinski definition) is 0. The van der Waals surface area contributed by atoms with E-state index in [4.69, 9.17) is 5.53 Å². The van der Waals surface area contributed by atoms with E-state index >= 15 is 0 Å². The van der Waals surface area contributed by atoms with Gasteiger partial charge in [-0.2, -0.15) is 0 Å². The van der Waals surface area contributed by atoms with Crippen LogP contribution in [-0.2, 0) is 0 Å². The summed E-state index contributed by atoms with van der Waals surface area (Å²) in [5, 5.41) is 3.61. The monoisotopic (exact) mass is 164 g/mol. The van der Waals surface area contributed by atoms with Crippen LogP contribution >= 0.6 is 0 Å². The molecule has 0 aromatic rings. The molecule has 12 heavy (non-hydrogen) atoms. The lowest BCUT2D eigenvalue weighted by Gasteiger charge is -2.00. The second-order valence-electron chi connectivity index (χ2n) is 3.56. The van der Waals surface area contributed by atoms with E-state index in [0.717, 1.165) is 11.3 Å². The number of azide groups is 1. The lowest BCUT2D eigenvalue weighted by atomic mass is 10.1. The van der Waals surface area contributed by atoms with Crippen LogP contribution in [0.3, 0.4) is 0 Å². The summed E-state index contributed by atoms with van der Waals surface area (Å²) < 4.78 is 0. The first-order valence-electron chi connectivity index (χ1n) is 3.82. The van der Waals surface area contributed by atoms with Crippen LogP contribution in [-0.4, -0.2) is 11.3 Å². The third-order valence-corrected chi connectivity index (χ3v) is 1.76. The summed E-state index contributed by atoms with van der Waals surface area (Å²) in [5.41, 5.74) is 10.8. The van der Waals surface area contributed by atoms with E-state index in [2.05, 4.69) is 15.0 Å². The minimum atomic E-state index is -0.110. The molecule has 0 amide bonds. The van der Waals surface area contributed by atoms with Crippen molar-refractivity contribution in [3.8, 4) is 0 Å². The summed E-state index contributed by atoms with van der Waals surface area (Å²) in [5.74, 6) is 0. The smallest absolute Gasteiger partial charge is 0.0975 e. The first-order valence-corrected chi connectivity index (χ1v) is 3.82. The molecule has 0 aromatic heterocycles. The van der Waals surface area contributed by atoms with Crippen molar-refractivity contribution in [1.29, 1.82) is 0 Å². The Morgan fingerprint density at radius 1 is 1.50 bits per heavy atom. The summed E-state index contributed by atoms with van der Waals surface area (Å²) in [6.07, 6.45) is 0. The first kappa shape index (κ1) is 8.81. The van der Waals surface area contributed by atoms with Gasteiger partial charge in [0.1, 0.15) is 0 Å². The summed E-state index contributed by atoms with van der Waals surface area (Å²) in [4.78, 5) is 6.99. The lowest BCUT2D eigenvalue weighted by molar-refractivity contribution is 0.823. The Bertz CT molecular complexity index is 312. The highest BCUT2D eigenvalue weighted by atomic mass is 15.2. The maximum Gasteiger partial charge on any atom is 0.0975 e. The molecule has 0 N–H and O–H groups in total. The Morgan fingerprint density at radius 3 is 2.25 bits per heavy atom. The largest absolute Gasteiger partial charge is 0.274 e. The molecular weight excluding hydrogens is 152 g/mol. The molecule has 0 saturated heterocycles. The molecule has 0 spiro atoms. The van der Waals surface area contributed by atoms with Gasteiger partial charge in [0.2, 0.25) is 0 Å². The predicted molar refractivity (Wildman–Crippen MR) is 49.0 cm³/mol. The van der Waals surface area contributed by atoms with Gasteiger partial charge in [0.25, 0.3) is 0 Å². The van der Waals surface area contributed by atoms with Gasteiger partial charge in [-0.1, -0.05) is 10.7 Å². The third kappa shape index (κ3) is 1.48. The highest BCUT2D eigenvalue weighted by Crippen LogP contribution is 2.33. The molecule has 0 saturated carbocycles. The Morgan fingerprint density at radius 2 is 2.00 bits per heavy atom. The van der Waals surface area contributed by atoms with Crippen molar-refractivity contribution in [3.63, 3.8) is 0 Å². The molecule has 1 heterocycles. The second kappa shape index (κ2) is 2.64. The zero-order chi connectivity index (χ0) is 9.35. The first-order chi connectivity index (χ1) is 5.49. The quantitative estimate of drug-likeness (QED) is 0.342. The van der Waals surface area contributed by atoms with Gasteiger partial charge in [0.05, 0.1) is 16.9 Å². The van der Waals surface area contributed by atoms with Crippen LogP contribution in [0.25, 0.3) is 10.4 Å². The van der Waals surface area contributed by atoms with Crippen LogP contribution in [0.4, 0.5) is 0 Å². The van der Waals surface area contributed by atoms with E-state index in [1.807, 2.05) is 27.7 Å². The Kier molecular flexibility index (Phi) is 1.94. The lowest BCUT2D eigenvalue weighted by Crippen LogP contribution is -2.09. The summed E-state index contributed by atoms with van der Waals surface area (Å²) in [6, 6.07) is 0. The van der Waals surface area contributed by atoms with E-state index < -0.39 is 0 Å². The van der Waals surface area contributed by atoms with Crippen molar-refractivity contribution in [2.75, 3.05) is 0 Å².